The van der Waals surface area contributed by atoms with Gasteiger partial charge >= 0.3 is 0 Å². The minimum Gasteiger partial charge on any atom is -0.359 e. The van der Waals surface area contributed by atoms with Crippen LogP contribution in [0.1, 0.15) is 19.8 Å². The first-order chi connectivity index (χ1) is 5.70. The van der Waals surface area contributed by atoms with Crippen LogP contribution < -0.4 is 5.32 Å². The molecule has 1 unspecified atom stereocenters. The lowest BCUT2D eigenvalue weighted by Crippen LogP contribution is -2.43. The Balaban J connectivity index is 2.48. The van der Waals surface area contributed by atoms with Crippen LogP contribution in [-0.2, 0) is 0 Å². The number of aliphatic imine (C=N–C) groups is 1. The van der Waals surface area contributed by atoms with Gasteiger partial charge in [0.15, 0.2) is 5.96 Å². The molecule has 1 saturated carbocycles. The summed E-state index contributed by atoms with van der Waals surface area (Å²) in [6.07, 6.45) is 2.76. The van der Waals surface area contributed by atoms with Gasteiger partial charge in [0.1, 0.15) is 0 Å². The Morgan fingerprint density at radius 2 is 2.17 bits per heavy atom. The summed E-state index contributed by atoms with van der Waals surface area (Å²) in [7, 11) is 5.84. The van der Waals surface area contributed by atoms with E-state index in [4.69, 9.17) is 0 Å². The van der Waals surface area contributed by atoms with E-state index in [2.05, 4.69) is 29.2 Å². The summed E-state index contributed by atoms with van der Waals surface area (Å²) in [5.74, 6) is 1.87. The number of nitrogens with one attached hydrogen (secondary N) is 1. The fourth-order valence-corrected chi connectivity index (χ4v) is 1.53. The Bertz CT molecular complexity index is 173. The molecular formula is C9H19N3. The first-order valence-corrected chi connectivity index (χ1v) is 4.58. The molecule has 0 aliphatic heterocycles. The van der Waals surface area contributed by atoms with Crippen LogP contribution in [0.2, 0.25) is 0 Å². The van der Waals surface area contributed by atoms with E-state index in [1.54, 1.807) is 0 Å². The molecule has 0 heterocycles. The Hall–Kier alpha value is -0.730. The predicted molar refractivity (Wildman–Crippen MR) is 52.4 cm³/mol. The molecule has 1 rings (SSSR count). The zero-order valence-electron chi connectivity index (χ0n) is 8.46. The van der Waals surface area contributed by atoms with E-state index in [-0.39, 0.29) is 0 Å². The summed E-state index contributed by atoms with van der Waals surface area (Å²) in [4.78, 5) is 6.39. The van der Waals surface area contributed by atoms with Gasteiger partial charge in [0, 0.05) is 27.2 Å². The predicted octanol–water partition coefficient (Wildman–Crippen LogP) is 0.922. The van der Waals surface area contributed by atoms with Crippen LogP contribution in [0.5, 0.6) is 0 Å². The largest absolute Gasteiger partial charge is 0.359 e. The van der Waals surface area contributed by atoms with E-state index >= 15 is 0 Å². The molecule has 0 aromatic heterocycles. The maximum atomic E-state index is 4.17. The minimum atomic E-state index is 0.621. The average molecular weight is 169 g/mol. The van der Waals surface area contributed by atoms with E-state index < -0.39 is 0 Å². The van der Waals surface area contributed by atoms with Gasteiger partial charge < -0.3 is 10.2 Å². The topological polar surface area (TPSA) is 27.6 Å². The molecule has 0 bridgehead atoms. The second-order valence-corrected chi connectivity index (χ2v) is 3.49. The summed E-state index contributed by atoms with van der Waals surface area (Å²) in [5, 5.41) is 3.09. The molecular weight excluding hydrogens is 150 g/mol. The molecule has 1 aliphatic carbocycles. The number of rotatable bonds is 2. The second kappa shape index (κ2) is 3.78. The summed E-state index contributed by atoms with van der Waals surface area (Å²) in [6.45, 7) is 2.26. The van der Waals surface area contributed by atoms with Gasteiger partial charge in [0.2, 0.25) is 0 Å². The van der Waals surface area contributed by atoms with Crippen LogP contribution in [0, 0.1) is 5.92 Å². The third-order valence-corrected chi connectivity index (χ3v) is 2.68. The summed E-state index contributed by atoms with van der Waals surface area (Å²) in [5.41, 5.74) is 0. The summed E-state index contributed by atoms with van der Waals surface area (Å²) in [6, 6.07) is 0.621. The Labute approximate surface area is 74.9 Å². The van der Waals surface area contributed by atoms with Crippen molar-refractivity contribution in [2.45, 2.75) is 25.8 Å². The van der Waals surface area contributed by atoms with Gasteiger partial charge in [-0.3, -0.25) is 4.99 Å². The zero-order chi connectivity index (χ0) is 9.14. The molecule has 1 aliphatic rings. The summed E-state index contributed by atoms with van der Waals surface area (Å²) < 4.78 is 0. The molecule has 0 amide bonds. The van der Waals surface area contributed by atoms with Crippen molar-refractivity contribution in [3.05, 3.63) is 0 Å². The molecule has 0 spiro atoms. The average Bonchev–Trinajstić information content (AvgIpc) is 2.87. The Morgan fingerprint density at radius 1 is 1.58 bits per heavy atom. The van der Waals surface area contributed by atoms with Crippen LogP contribution in [0.4, 0.5) is 0 Å². The molecule has 1 N–H and O–H groups in total. The molecule has 0 aromatic rings. The van der Waals surface area contributed by atoms with Crippen molar-refractivity contribution in [2.24, 2.45) is 10.9 Å². The van der Waals surface area contributed by atoms with E-state index in [0.29, 0.717) is 6.04 Å². The van der Waals surface area contributed by atoms with Gasteiger partial charge in [-0.05, 0) is 25.7 Å². The van der Waals surface area contributed by atoms with Gasteiger partial charge in [-0.1, -0.05) is 0 Å². The Morgan fingerprint density at radius 3 is 2.50 bits per heavy atom. The lowest BCUT2D eigenvalue weighted by molar-refractivity contribution is 0.344. The smallest absolute Gasteiger partial charge is 0.193 e. The third-order valence-electron chi connectivity index (χ3n) is 2.68. The van der Waals surface area contributed by atoms with Crippen LogP contribution in [0.15, 0.2) is 4.99 Å². The van der Waals surface area contributed by atoms with Crippen molar-refractivity contribution in [3.63, 3.8) is 0 Å². The van der Waals surface area contributed by atoms with E-state index in [9.17, 15) is 0 Å². The molecule has 70 valence electrons. The fraction of sp³-hybridized carbons (Fsp3) is 0.889. The molecule has 0 saturated heterocycles. The molecule has 12 heavy (non-hydrogen) atoms. The van der Waals surface area contributed by atoms with Crippen molar-refractivity contribution in [1.29, 1.82) is 0 Å². The van der Waals surface area contributed by atoms with Crippen LogP contribution >= 0.6 is 0 Å². The van der Waals surface area contributed by atoms with Gasteiger partial charge in [0.05, 0.1) is 0 Å². The van der Waals surface area contributed by atoms with Crippen molar-refractivity contribution < 1.29 is 0 Å². The molecule has 1 fully saturated rings. The highest BCUT2D eigenvalue weighted by Crippen LogP contribution is 2.34. The summed E-state index contributed by atoms with van der Waals surface area (Å²) >= 11 is 0. The highest BCUT2D eigenvalue weighted by atomic mass is 15.3. The quantitative estimate of drug-likeness (QED) is 0.492. The molecule has 3 heteroatoms. The van der Waals surface area contributed by atoms with E-state index in [0.717, 1.165) is 11.9 Å². The first kappa shape index (κ1) is 9.36. The van der Waals surface area contributed by atoms with Gasteiger partial charge in [-0.15, -0.1) is 0 Å². The lowest BCUT2D eigenvalue weighted by atomic mass is 10.2. The lowest BCUT2D eigenvalue weighted by Gasteiger charge is -2.27. The minimum absolute atomic E-state index is 0.621. The molecule has 1 atom stereocenters. The molecule has 0 radical (unpaired) electrons. The standard InChI is InChI=1S/C9H19N3/c1-7(8-5-6-8)12(4)9(10-2)11-3/h7-8H,5-6H2,1-4H3,(H,10,11). The SMILES string of the molecule is CN=C(NC)N(C)C(C)C1CC1. The highest BCUT2D eigenvalue weighted by molar-refractivity contribution is 5.79. The Kier molecular flexibility index (Phi) is 2.95. The van der Waals surface area contributed by atoms with Gasteiger partial charge in [0.25, 0.3) is 0 Å². The normalized spacial score (nSPS) is 20.5. The van der Waals surface area contributed by atoms with Crippen molar-refractivity contribution >= 4 is 5.96 Å². The molecule has 3 nitrogen and oxygen atoms in total. The third kappa shape index (κ3) is 1.90. The van der Waals surface area contributed by atoms with Crippen molar-refractivity contribution in [1.82, 2.24) is 10.2 Å². The first-order valence-electron chi connectivity index (χ1n) is 4.58. The van der Waals surface area contributed by atoms with Crippen LogP contribution in [-0.4, -0.2) is 38.0 Å². The number of hydrogen-bond donors (Lipinski definition) is 1. The van der Waals surface area contributed by atoms with Gasteiger partial charge in [-0.2, -0.15) is 0 Å². The maximum Gasteiger partial charge on any atom is 0.193 e. The van der Waals surface area contributed by atoms with Crippen LogP contribution in [0.25, 0.3) is 0 Å². The number of nitrogens with zero attached hydrogens (tertiary/aromatic N) is 2. The zero-order valence-corrected chi connectivity index (χ0v) is 8.46. The highest BCUT2D eigenvalue weighted by Gasteiger charge is 2.31. The van der Waals surface area contributed by atoms with Crippen molar-refractivity contribution in [3.8, 4) is 0 Å². The fourth-order valence-electron chi connectivity index (χ4n) is 1.53. The van der Waals surface area contributed by atoms with Crippen LogP contribution in [0.3, 0.4) is 0 Å². The van der Waals surface area contributed by atoms with Crippen molar-refractivity contribution in [2.75, 3.05) is 21.1 Å². The van der Waals surface area contributed by atoms with E-state index in [1.807, 2.05) is 14.1 Å². The van der Waals surface area contributed by atoms with E-state index in [1.165, 1.54) is 12.8 Å². The number of guanidine groups is 1. The maximum absolute atomic E-state index is 4.17. The van der Waals surface area contributed by atoms with Gasteiger partial charge in [-0.25, -0.2) is 0 Å². The monoisotopic (exact) mass is 169 g/mol. The second-order valence-electron chi connectivity index (χ2n) is 3.49. The number of hydrogen-bond acceptors (Lipinski definition) is 1. The molecule has 0 aromatic carbocycles.